The maximum absolute atomic E-state index is 12.4. The normalized spacial score (nSPS) is 11.2. The Labute approximate surface area is 190 Å². The van der Waals surface area contributed by atoms with Gasteiger partial charge in [-0.2, -0.15) is 0 Å². The van der Waals surface area contributed by atoms with Gasteiger partial charge in [-0.05, 0) is 60.3 Å². The molecule has 0 aliphatic carbocycles. The summed E-state index contributed by atoms with van der Waals surface area (Å²) in [4.78, 5) is 36.2. The number of hydrogen-bond acceptors (Lipinski definition) is 8. The van der Waals surface area contributed by atoms with E-state index in [2.05, 4.69) is 15.4 Å². The third-order valence-corrected chi connectivity index (χ3v) is 5.37. The van der Waals surface area contributed by atoms with Crippen molar-refractivity contribution in [3.8, 4) is 0 Å². The third-order valence-electron chi connectivity index (χ3n) is 4.24. The van der Waals surface area contributed by atoms with Gasteiger partial charge in [-0.3, -0.25) is 4.79 Å². The Hall–Kier alpha value is -3.44. The number of nitrogen functional groups attached to an aromatic ring is 1. The second-order valence-electron chi connectivity index (χ2n) is 6.59. The molecule has 0 aromatic heterocycles. The van der Waals surface area contributed by atoms with Gasteiger partial charge in [0, 0.05) is 16.3 Å². The van der Waals surface area contributed by atoms with Gasteiger partial charge in [0.1, 0.15) is 6.54 Å². The van der Waals surface area contributed by atoms with E-state index < -0.39 is 24.1 Å². The second kappa shape index (κ2) is 12.4. The molecule has 2 rings (SSSR count). The van der Waals surface area contributed by atoms with E-state index in [1.165, 1.54) is 18.5 Å². The average Bonchev–Trinajstić information content (AvgIpc) is 2.80. The molecular weight excluding hydrogens is 436 g/mol. The molecule has 0 radical (unpaired) electrons. The number of aliphatic hydroxyl groups excluding tert-OH is 1. The van der Waals surface area contributed by atoms with E-state index in [0.717, 1.165) is 22.4 Å². The molecule has 3 amide bonds. The van der Waals surface area contributed by atoms with Crippen LogP contribution in [-0.4, -0.2) is 60.9 Å². The van der Waals surface area contributed by atoms with E-state index in [-0.39, 0.29) is 13.2 Å². The van der Waals surface area contributed by atoms with Crippen LogP contribution in [0.1, 0.15) is 5.56 Å². The van der Waals surface area contributed by atoms with Crippen molar-refractivity contribution in [1.82, 2.24) is 9.62 Å². The number of aliphatic hydroxyl groups is 1. The predicted molar refractivity (Wildman–Crippen MR) is 121 cm³/mol. The fourth-order valence-electron chi connectivity index (χ4n) is 2.69. The van der Waals surface area contributed by atoms with Crippen LogP contribution in [0.4, 0.5) is 21.0 Å². The molecule has 0 spiro atoms. The fraction of sp³-hybridized carbons (Fsp3) is 0.286. The highest BCUT2D eigenvalue weighted by Gasteiger charge is 2.26. The Kier molecular flexibility index (Phi) is 9.64. The van der Waals surface area contributed by atoms with Gasteiger partial charge in [0.05, 0.1) is 26.9 Å². The molecule has 2 aromatic carbocycles. The minimum absolute atomic E-state index is 0.246. The zero-order valence-corrected chi connectivity index (χ0v) is 18.6. The Balaban J connectivity index is 2.10. The lowest BCUT2D eigenvalue weighted by Crippen LogP contribution is -2.39. The molecule has 0 bridgehead atoms. The lowest BCUT2D eigenvalue weighted by molar-refractivity contribution is -0.115. The quantitative estimate of drug-likeness (QED) is 0.328. The Morgan fingerprint density at radius 1 is 1.12 bits per heavy atom. The number of nitrogens with zero attached hydrogens (tertiary/aromatic N) is 1. The van der Waals surface area contributed by atoms with Crippen LogP contribution < -0.4 is 16.4 Å². The molecule has 10 nitrogen and oxygen atoms in total. The Morgan fingerprint density at radius 3 is 2.47 bits per heavy atom. The highest BCUT2D eigenvalue weighted by molar-refractivity contribution is 7.97. The van der Waals surface area contributed by atoms with Gasteiger partial charge in [-0.1, -0.05) is 12.1 Å². The second-order valence-corrected chi connectivity index (χ2v) is 7.64. The number of amides is 3. The van der Waals surface area contributed by atoms with Crippen molar-refractivity contribution in [2.24, 2.45) is 0 Å². The Morgan fingerprint density at radius 2 is 1.84 bits per heavy atom. The van der Waals surface area contributed by atoms with Gasteiger partial charge in [0.2, 0.25) is 5.91 Å². The van der Waals surface area contributed by atoms with E-state index in [1.54, 1.807) is 42.5 Å². The maximum Gasteiger partial charge on any atom is 0.420 e. The van der Waals surface area contributed by atoms with Gasteiger partial charge in [0.15, 0.2) is 0 Å². The number of carbonyl (C=O) groups is 3. The number of rotatable bonds is 9. The molecule has 172 valence electrons. The van der Waals surface area contributed by atoms with Crippen LogP contribution >= 0.6 is 11.9 Å². The largest absolute Gasteiger partial charge is 0.453 e. The molecule has 0 aliphatic heterocycles. The van der Waals surface area contributed by atoms with E-state index in [1.807, 2.05) is 6.07 Å². The topological polar surface area (TPSA) is 143 Å². The number of hydrogen-bond donors (Lipinski definition) is 4. The zero-order chi connectivity index (χ0) is 23.5. The maximum atomic E-state index is 12.4. The van der Waals surface area contributed by atoms with E-state index >= 15 is 0 Å². The van der Waals surface area contributed by atoms with Crippen molar-refractivity contribution in [3.63, 3.8) is 0 Å². The number of ether oxygens (including phenoxy) is 2. The van der Waals surface area contributed by atoms with Gasteiger partial charge in [-0.15, -0.1) is 0 Å². The summed E-state index contributed by atoms with van der Waals surface area (Å²) in [6.45, 7) is -0.554. The SMILES string of the molecule is COC(=O)NCC(=O)Nc1cccc(CC(CO)N(Sc2ccc(N)cc2)C(=O)OC)c1. The van der Waals surface area contributed by atoms with Crippen LogP contribution in [0, 0.1) is 0 Å². The highest BCUT2D eigenvalue weighted by Crippen LogP contribution is 2.28. The number of nitrogens with one attached hydrogen (secondary N) is 2. The minimum Gasteiger partial charge on any atom is -0.453 e. The summed E-state index contributed by atoms with van der Waals surface area (Å²) in [7, 11) is 2.48. The fourth-order valence-corrected chi connectivity index (χ4v) is 3.62. The smallest absolute Gasteiger partial charge is 0.420 e. The van der Waals surface area contributed by atoms with Crippen LogP contribution in [-0.2, 0) is 20.7 Å². The molecule has 1 unspecified atom stereocenters. The molecule has 0 fully saturated rings. The average molecular weight is 463 g/mol. The van der Waals surface area contributed by atoms with Crippen molar-refractivity contribution >= 4 is 41.4 Å². The zero-order valence-electron chi connectivity index (χ0n) is 17.7. The molecule has 32 heavy (non-hydrogen) atoms. The summed E-state index contributed by atoms with van der Waals surface area (Å²) in [6.07, 6.45) is -1.01. The highest BCUT2D eigenvalue weighted by atomic mass is 32.2. The van der Waals surface area contributed by atoms with Crippen molar-refractivity contribution in [1.29, 1.82) is 0 Å². The van der Waals surface area contributed by atoms with Gasteiger partial charge < -0.3 is 30.9 Å². The number of nitrogens with two attached hydrogens (primary N) is 1. The summed E-state index contributed by atoms with van der Waals surface area (Å²) in [6, 6.07) is 13.3. The first kappa shape index (κ1) is 24.8. The number of alkyl carbamates (subject to hydrolysis) is 1. The first-order valence-electron chi connectivity index (χ1n) is 9.58. The van der Waals surface area contributed by atoms with Crippen LogP contribution in [0.15, 0.2) is 53.4 Å². The van der Waals surface area contributed by atoms with E-state index in [4.69, 9.17) is 10.5 Å². The lowest BCUT2D eigenvalue weighted by Gasteiger charge is -2.28. The monoisotopic (exact) mass is 462 g/mol. The molecule has 0 heterocycles. The molecule has 2 aromatic rings. The molecule has 0 saturated carbocycles. The standard InChI is InChI=1S/C21H26N4O6S/c1-30-20(28)23-12-19(27)24-16-5-3-4-14(10-16)11-17(13-26)25(21(29)31-2)32-18-8-6-15(22)7-9-18/h3-10,17,26H,11-13,22H2,1-2H3,(H,23,28)(H,24,27). The van der Waals surface area contributed by atoms with Crippen molar-refractivity contribution in [2.45, 2.75) is 17.4 Å². The Bertz CT molecular complexity index is 925. The summed E-state index contributed by atoms with van der Waals surface area (Å²) in [5.74, 6) is -0.429. The van der Waals surface area contributed by atoms with Gasteiger partial charge >= 0.3 is 12.2 Å². The van der Waals surface area contributed by atoms with Crippen LogP contribution in [0.2, 0.25) is 0 Å². The number of carbonyl (C=O) groups excluding carboxylic acids is 3. The molecule has 1 atom stereocenters. The minimum atomic E-state index is -0.707. The van der Waals surface area contributed by atoms with E-state index in [0.29, 0.717) is 17.8 Å². The summed E-state index contributed by atoms with van der Waals surface area (Å²) >= 11 is 1.13. The van der Waals surface area contributed by atoms with Crippen LogP contribution in [0.25, 0.3) is 0 Å². The third kappa shape index (κ3) is 7.67. The van der Waals surface area contributed by atoms with Crippen LogP contribution in [0.3, 0.4) is 0 Å². The first-order valence-corrected chi connectivity index (χ1v) is 10.4. The predicted octanol–water partition coefficient (Wildman–Crippen LogP) is 2.24. The lowest BCUT2D eigenvalue weighted by atomic mass is 10.1. The van der Waals surface area contributed by atoms with Gasteiger partial charge in [-0.25, -0.2) is 13.9 Å². The molecule has 0 saturated heterocycles. The molecule has 5 N–H and O–H groups in total. The van der Waals surface area contributed by atoms with Crippen molar-refractivity contribution < 1.29 is 29.0 Å². The van der Waals surface area contributed by atoms with Crippen LogP contribution in [0.5, 0.6) is 0 Å². The number of benzene rings is 2. The molecule has 11 heteroatoms. The summed E-state index contributed by atoms with van der Waals surface area (Å²) in [5, 5.41) is 14.9. The van der Waals surface area contributed by atoms with E-state index in [9.17, 15) is 19.5 Å². The van der Waals surface area contributed by atoms with Crippen molar-refractivity contribution in [3.05, 3.63) is 54.1 Å². The summed E-state index contributed by atoms with van der Waals surface area (Å²) < 4.78 is 10.7. The van der Waals surface area contributed by atoms with Crippen molar-refractivity contribution in [2.75, 3.05) is 38.4 Å². The molecule has 0 aliphatic rings. The summed E-state index contributed by atoms with van der Waals surface area (Å²) in [5.41, 5.74) is 7.58. The van der Waals surface area contributed by atoms with Gasteiger partial charge in [0.25, 0.3) is 0 Å². The number of methoxy groups -OCH3 is 2. The first-order chi connectivity index (χ1) is 15.4. The number of anilines is 2. The molecular formula is C21H26N4O6S.